The molecule has 0 fully saturated rings. The highest BCUT2D eigenvalue weighted by Gasteiger charge is 2.25. The van der Waals surface area contributed by atoms with Gasteiger partial charge in [0.05, 0.1) is 5.54 Å². The van der Waals surface area contributed by atoms with Crippen LogP contribution >= 0.6 is 0 Å². The summed E-state index contributed by atoms with van der Waals surface area (Å²) in [7, 11) is 1.99. The smallest absolute Gasteiger partial charge is 0.112 e. The van der Waals surface area contributed by atoms with Gasteiger partial charge in [0, 0.05) is 12.7 Å². The van der Waals surface area contributed by atoms with Crippen molar-refractivity contribution in [2.75, 3.05) is 13.7 Å². The van der Waals surface area contributed by atoms with Crippen molar-refractivity contribution < 1.29 is 4.39 Å². The second kappa shape index (κ2) is 5.03. The van der Waals surface area contributed by atoms with Gasteiger partial charge >= 0.3 is 0 Å². The predicted molar refractivity (Wildman–Crippen MR) is 68.1 cm³/mol. The molecule has 16 heavy (non-hydrogen) atoms. The second-order valence-electron chi connectivity index (χ2n) is 5.56. The summed E-state index contributed by atoms with van der Waals surface area (Å²) >= 11 is 0. The number of allylic oxidation sites excluding steroid dienone is 4. The molecule has 1 aliphatic carbocycles. The Bertz CT molecular complexity index is 300. The SMILES string of the molecule is CC(C)C1=CC=C(N(C)C(C)(C)CF)CC1. The lowest BCUT2D eigenvalue weighted by Crippen LogP contribution is -2.42. The Balaban J connectivity index is 2.78. The van der Waals surface area contributed by atoms with E-state index in [4.69, 9.17) is 0 Å². The molecule has 1 rings (SSSR count). The zero-order valence-corrected chi connectivity index (χ0v) is 11.2. The first kappa shape index (κ1) is 13.3. The van der Waals surface area contributed by atoms with E-state index in [0.29, 0.717) is 5.92 Å². The normalized spacial score (nSPS) is 17.2. The Kier molecular flexibility index (Phi) is 4.17. The Morgan fingerprint density at radius 3 is 2.31 bits per heavy atom. The van der Waals surface area contributed by atoms with Gasteiger partial charge in [0.25, 0.3) is 0 Å². The molecular weight excluding hydrogens is 201 g/mol. The molecule has 1 nitrogen and oxygen atoms in total. The van der Waals surface area contributed by atoms with Gasteiger partial charge in [0.2, 0.25) is 0 Å². The molecule has 92 valence electrons. The Morgan fingerprint density at radius 1 is 1.31 bits per heavy atom. The molecule has 0 heterocycles. The average Bonchev–Trinajstić information content (AvgIpc) is 2.28. The number of halogens is 1. The molecular formula is C14H24FN. The summed E-state index contributed by atoms with van der Waals surface area (Å²) in [6.07, 6.45) is 6.49. The van der Waals surface area contributed by atoms with Crippen molar-refractivity contribution in [2.24, 2.45) is 5.92 Å². The van der Waals surface area contributed by atoms with E-state index in [-0.39, 0.29) is 6.67 Å². The molecule has 0 atom stereocenters. The van der Waals surface area contributed by atoms with Gasteiger partial charge in [-0.15, -0.1) is 0 Å². The fourth-order valence-electron chi connectivity index (χ4n) is 1.88. The molecule has 1 aliphatic rings. The van der Waals surface area contributed by atoms with Gasteiger partial charge in [0.15, 0.2) is 0 Å². The second-order valence-corrected chi connectivity index (χ2v) is 5.56. The van der Waals surface area contributed by atoms with Crippen molar-refractivity contribution in [1.82, 2.24) is 4.90 Å². The van der Waals surface area contributed by atoms with E-state index in [1.165, 1.54) is 11.3 Å². The minimum Gasteiger partial charge on any atom is -0.370 e. The third-order valence-corrected chi connectivity index (χ3v) is 3.57. The number of hydrogen-bond donors (Lipinski definition) is 0. The first-order valence-electron chi connectivity index (χ1n) is 6.08. The highest BCUT2D eigenvalue weighted by Crippen LogP contribution is 2.28. The van der Waals surface area contributed by atoms with E-state index in [0.717, 1.165) is 12.8 Å². The average molecular weight is 225 g/mol. The van der Waals surface area contributed by atoms with Gasteiger partial charge in [-0.3, -0.25) is 0 Å². The number of alkyl halides is 1. The quantitative estimate of drug-likeness (QED) is 0.701. The number of hydrogen-bond acceptors (Lipinski definition) is 1. The topological polar surface area (TPSA) is 3.24 Å². The van der Waals surface area contributed by atoms with Crippen LogP contribution in [0.4, 0.5) is 4.39 Å². The summed E-state index contributed by atoms with van der Waals surface area (Å²) in [5.41, 5.74) is 2.34. The summed E-state index contributed by atoms with van der Waals surface area (Å²) in [5, 5.41) is 0. The fourth-order valence-corrected chi connectivity index (χ4v) is 1.88. The van der Waals surface area contributed by atoms with Crippen LogP contribution < -0.4 is 0 Å². The largest absolute Gasteiger partial charge is 0.370 e. The summed E-state index contributed by atoms with van der Waals surface area (Å²) in [6, 6.07) is 0. The van der Waals surface area contributed by atoms with Crippen molar-refractivity contribution in [2.45, 2.75) is 46.1 Å². The maximum absolute atomic E-state index is 12.9. The van der Waals surface area contributed by atoms with E-state index in [2.05, 4.69) is 30.9 Å². The summed E-state index contributed by atoms with van der Waals surface area (Å²) in [4.78, 5) is 2.07. The van der Waals surface area contributed by atoms with Crippen LogP contribution in [0.2, 0.25) is 0 Å². The van der Waals surface area contributed by atoms with E-state index >= 15 is 0 Å². The number of rotatable bonds is 4. The number of nitrogens with zero attached hydrogens (tertiary/aromatic N) is 1. The molecule has 2 heteroatoms. The third-order valence-electron chi connectivity index (χ3n) is 3.57. The maximum Gasteiger partial charge on any atom is 0.112 e. The van der Waals surface area contributed by atoms with Crippen molar-refractivity contribution in [3.63, 3.8) is 0 Å². The van der Waals surface area contributed by atoms with E-state index in [1.54, 1.807) is 0 Å². The van der Waals surface area contributed by atoms with Crippen LogP contribution in [-0.4, -0.2) is 24.2 Å². The fraction of sp³-hybridized carbons (Fsp3) is 0.714. The van der Waals surface area contributed by atoms with Gasteiger partial charge in [-0.1, -0.05) is 25.5 Å². The zero-order chi connectivity index (χ0) is 12.3. The standard InChI is InChI=1S/C14H24FN/c1-11(2)12-6-8-13(9-7-12)16(5)14(3,4)10-15/h6,8,11H,7,9-10H2,1-5H3. The molecule has 0 aromatic rings. The van der Waals surface area contributed by atoms with Gasteiger partial charge in [-0.05, 0) is 38.7 Å². The molecule has 0 N–H and O–H groups in total. The molecule has 0 saturated carbocycles. The Morgan fingerprint density at radius 2 is 1.94 bits per heavy atom. The molecule has 0 saturated heterocycles. The zero-order valence-electron chi connectivity index (χ0n) is 11.2. The molecule has 0 radical (unpaired) electrons. The third kappa shape index (κ3) is 2.87. The minimum atomic E-state index is -0.394. The van der Waals surface area contributed by atoms with Crippen LogP contribution in [-0.2, 0) is 0 Å². The van der Waals surface area contributed by atoms with Crippen LogP contribution in [0.25, 0.3) is 0 Å². The molecule has 0 aliphatic heterocycles. The van der Waals surface area contributed by atoms with Gasteiger partial charge in [0.1, 0.15) is 6.67 Å². The van der Waals surface area contributed by atoms with Gasteiger partial charge in [-0.25, -0.2) is 4.39 Å². The van der Waals surface area contributed by atoms with E-state index in [9.17, 15) is 4.39 Å². The Labute approximate surface area is 99.0 Å². The molecule has 0 bridgehead atoms. The first-order chi connectivity index (χ1) is 7.38. The van der Waals surface area contributed by atoms with Crippen LogP contribution in [0.5, 0.6) is 0 Å². The van der Waals surface area contributed by atoms with Crippen molar-refractivity contribution >= 4 is 0 Å². The summed E-state index contributed by atoms with van der Waals surface area (Å²) < 4.78 is 12.9. The van der Waals surface area contributed by atoms with E-state index in [1.807, 2.05) is 20.9 Å². The summed E-state index contributed by atoms with van der Waals surface area (Å²) in [6.45, 7) is 8.01. The van der Waals surface area contributed by atoms with Crippen LogP contribution in [0.3, 0.4) is 0 Å². The molecule has 0 aromatic carbocycles. The minimum absolute atomic E-state index is 0.318. The molecule has 0 aromatic heterocycles. The van der Waals surface area contributed by atoms with Crippen molar-refractivity contribution in [3.05, 3.63) is 23.4 Å². The lowest BCUT2D eigenvalue weighted by Gasteiger charge is -2.38. The predicted octanol–water partition coefficient (Wildman–Crippen LogP) is 3.93. The maximum atomic E-state index is 12.9. The lowest BCUT2D eigenvalue weighted by molar-refractivity contribution is 0.154. The highest BCUT2D eigenvalue weighted by molar-refractivity contribution is 5.25. The van der Waals surface area contributed by atoms with E-state index < -0.39 is 5.54 Å². The van der Waals surface area contributed by atoms with Crippen LogP contribution in [0.1, 0.15) is 40.5 Å². The molecule has 0 spiro atoms. The van der Waals surface area contributed by atoms with Crippen LogP contribution in [0, 0.1) is 5.92 Å². The molecule has 0 amide bonds. The monoisotopic (exact) mass is 225 g/mol. The Hall–Kier alpha value is -0.790. The summed E-state index contributed by atoms with van der Waals surface area (Å²) in [5.74, 6) is 0.622. The first-order valence-corrected chi connectivity index (χ1v) is 6.08. The van der Waals surface area contributed by atoms with Gasteiger partial charge < -0.3 is 4.90 Å². The van der Waals surface area contributed by atoms with Crippen LogP contribution in [0.15, 0.2) is 23.4 Å². The molecule has 0 unspecified atom stereocenters. The lowest BCUT2D eigenvalue weighted by atomic mass is 9.92. The highest BCUT2D eigenvalue weighted by atomic mass is 19.1. The van der Waals surface area contributed by atoms with Gasteiger partial charge in [-0.2, -0.15) is 0 Å². The van der Waals surface area contributed by atoms with Crippen molar-refractivity contribution in [3.8, 4) is 0 Å². The van der Waals surface area contributed by atoms with Crippen molar-refractivity contribution in [1.29, 1.82) is 0 Å².